The molecular formula is C21H16F3N5O2S. The SMILES string of the molecule is COc1ccc(-c2nnc3ccc(SCC(=O)Nc4cccc(C(F)(F)F)c4)nn23)cc1. The van der Waals surface area contributed by atoms with Gasteiger partial charge in [0.15, 0.2) is 11.5 Å². The van der Waals surface area contributed by atoms with Crippen LogP contribution < -0.4 is 10.1 Å². The van der Waals surface area contributed by atoms with E-state index in [-0.39, 0.29) is 11.4 Å². The van der Waals surface area contributed by atoms with Crippen LogP contribution in [0.2, 0.25) is 0 Å². The third-order valence-electron chi connectivity index (χ3n) is 4.41. The summed E-state index contributed by atoms with van der Waals surface area (Å²) in [5.41, 5.74) is 0.576. The van der Waals surface area contributed by atoms with Gasteiger partial charge in [-0.25, -0.2) is 0 Å². The zero-order valence-corrected chi connectivity index (χ0v) is 17.4. The number of hydrogen-bond donors (Lipinski definition) is 1. The molecule has 4 aromatic rings. The first-order valence-electron chi connectivity index (χ1n) is 9.30. The van der Waals surface area contributed by atoms with Crippen molar-refractivity contribution in [3.05, 3.63) is 66.2 Å². The fraction of sp³-hybridized carbons (Fsp3) is 0.143. The highest BCUT2D eigenvalue weighted by Gasteiger charge is 2.30. The van der Waals surface area contributed by atoms with Crippen molar-refractivity contribution < 1.29 is 22.7 Å². The van der Waals surface area contributed by atoms with Crippen molar-refractivity contribution in [1.29, 1.82) is 0 Å². The first-order valence-corrected chi connectivity index (χ1v) is 10.3. The van der Waals surface area contributed by atoms with Crippen molar-refractivity contribution in [3.63, 3.8) is 0 Å². The van der Waals surface area contributed by atoms with Gasteiger partial charge in [0, 0.05) is 11.3 Å². The molecule has 7 nitrogen and oxygen atoms in total. The number of anilines is 1. The minimum atomic E-state index is -4.48. The third-order valence-corrected chi connectivity index (χ3v) is 5.33. The van der Waals surface area contributed by atoms with Gasteiger partial charge < -0.3 is 10.1 Å². The third kappa shape index (κ3) is 4.83. The maximum atomic E-state index is 12.8. The molecule has 0 saturated carbocycles. The van der Waals surface area contributed by atoms with E-state index in [0.717, 1.165) is 29.5 Å². The van der Waals surface area contributed by atoms with E-state index in [4.69, 9.17) is 4.74 Å². The van der Waals surface area contributed by atoms with Crippen molar-refractivity contribution >= 4 is 29.0 Å². The van der Waals surface area contributed by atoms with E-state index in [2.05, 4.69) is 20.6 Å². The van der Waals surface area contributed by atoms with E-state index in [1.807, 2.05) is 12.1 Å². The molecule has 4 rings (SSSR count). The van der Waals surface area contributed by atoms with Crippen molar-refractivity contribution in [2.24, 2.45) is 0 Å². The molecule has 2 heterocycles. The predicted octanol–water partition coefficient (Wildman–Crippen LogP) is 4.55. The molecule has 0 saturated heterocycles. The lowest BCUT2D eigenvalue weighted by molar-refractivity contribution is -0.137. The summed E-state index contributed by atoms with van der Waals surface area (Å²) in [6, 6.07) is 15.2. The average Bonchev–Trinajstić information content (AvgIpc) is 3.20. The van der Waals surface area contributed by atoms with Crippen LogP contribution in [0.15, 0.2) is 65.7 Å². The summed E-state index contributed by atoms with van der Waals surface area (Å²) < 4.78 is 45.2. The Hall–Kier alpha value is -3.60. The number of amides is 1. The van der Waals surface area contributed by atoms with Crippen molar-refractivity contribution in [1.82, 2.24) is 19.8 Å². The monoisotopic (exact) mass is 459 g/mol. The van der Waals surface area contributed by atoms with Gasteiger partial charge in [0.25, 0.3) is 0 Å². The zero-order chi connectivity index (χ0) is 22.7. The second-order valence-electron chi connectivity index (χ2n) is 6.61. The summed E-state index contributed by atoms with van der Waals surface area (Å²) >= 11 is 1.14. The van der Waals surface area contributed by atoms with E-state index >= 15 is 0 Å². The molecule has 0 aliphatic heterocycles. The van der Waals surface area contributed by atoms with Crippen LogP contribution in [0.3, 0.4) is 0 Å². The second-order valence-corrected chi connectivity index (χ2v) is 7.60. The van der Waals surface area contributed by atoms with Crippen LogP contribution in [0.5, 0.6) is 5.75 Å². The average molecular weight is 459 g/mol. The molecule has 1 N–H and O–H groups in total. The Morgan fingerprint density at radius 1 is 1.09 bits per heavy atom. The molecule has 164 valence electrons. The van der Waals surface area contributed by atoms with E-state index in [1.54, 1.807) is 35.9 Å². The highest BCUT2D eigenvalue weighted by molar-refractivity contribution is 7.99. The first kappa shape index (κ1) is 21.6. The molecule has 0 bridgehead atoms. The maximum absolute atomic E-state index is 12.8. The number of alkyl halides is 3. The number of carbonyl (C=O) groups is 1. The van der Waals surface area contributed by atoms with Crippen LogP contribution in [-0.2, 0) is 11.0 Å². The molecule has 2 aromatic heterocycles. The number of halogens is 3. The molecule has 2 aromatic carbocycles. The van der Waals surface area contributed by atoms with Gasteiger partial charge in [-0.05, 0) is 54.6 Å². The normalized spacial score (nSPS) is 11.5. The van der Waals surface area contributed by atoms with Crippen molar-refractivity contribution in [3.8, 4) is 17.1 Å². The number of hydrogen-bond acceptors (Lipinski definition) is 6. The Labute approximate surface area is 184 Å². The quantitative estimate of drug-likeness (QED) is 0.426. The number of ether oxygens (including phenoxy) is 1. The van der Waals surface area contributed by atoms with Gasteiger partial charge in [0.05, 0.1) is 18.4 Å². The molecule has 0 fully saturated rings. The van der Waals surface area contributed by atoms with Crippen molar-refractivity contribution in [2.75, 3.05) is 18.2 Å². The standard InChI is InChI=1S/C21H16F3N5O2S/c1-31-16-7-5-13(6-8-16)20-27-26-17-9-10-19(28-29(17)20)32-12-18(30)25-15-4-2-3-14(11-15)21(22,23)24/h2-11H,12H2,1H3,(H,25,30). The lowest BCUT2D eigenvalue weighted by atomic mass is 10.2. The smallest absolute Gasteiger partial charge is 0.416 e. The number of rotatable bonds is 6. The number of thioether (sulfide) groups is 1. The molecule has 0 aliphatic rings. The van der Waals surface area contributed by atoms with Crippen LogP contribution in [0, 0.1) is 0 Å². The molecule has 1 amide bonds. The molecule has 0 aliphatic carbocycles. The molecule has 0 radical (unpaired) electrons. The zero-order valence-electron chi connectivity index (χ0n) is 16.6. The van der Waals surface area contributed by atoms with Crippen LogP contribution in [-0.4, -0.2) is 38.6 Å². The Bertz CT molecular complexity index is 1260. The van der Waals surface area contributed by atoms with Crippen LogP contribution in [0.4, 0.5) is 18.9 Å². The number of benzene rings is 2. The Balaban J connectivity index is 1.46. The van der Waals surface area contributed by atoms with E-state index in [0.29, 0.717) is 22.2 Å². The van der Waals surface area contributed by atoms with Gasteiger partial charge in [-0.3, -0.25) is 4.79 Å². The molecule has 11 heteroatoms. The maximum Gasteiger partial charge on any atom is 0.416 e. The van der Waals surface area contributed by atoms with Gasteiger partial charge in [-0.15, -0.1) is 10.2 Å². The van der Waals surface area contributed by atoms with Crippen LogP contribution in [0.25, 0.3) is 17.0 Å². The summed E-state index contributed by atoms with van der Waals surface area (Å²) in [6.45, 7) is 0. The Kier molecular flexibility index (Phi) is 5.99. The summed E-state index contributed by atoms with van der Waals surface area (Å²) in [5, 5.41) is 15.7. The Morgan fingerprint density at radius 3 is 2.59 bits per heavy atom. The molecule has 32 heavy (non-hydrogen) atoms. The predicted molar refractivity (Wildman–Crippen MR) is 114 cm³/mol. The summed E-state index contributed by atoms with van der Waals surface area (Å²) in [6.07, 6.45) is -4.48. The van der Waals surface area contributed by atoms with E-state index < -0.39 is 17.6 Å². The number of nitrogens with one attached hydrogen (secondary N) is 1. The fourth-order valence-corrected chi connectivity index (χ4v) is 3.53. The molecule has 0 unspecified atom stereocenters. The van der Waals surface area contributed by atoms with Gasteiger partial charge in [0.1, 0.15) is 10.8 Å². The summed E-state index contributed by atoms with van der Waals surface area (Å²) in [5.74, 6) is 0.752. The highest BCUT2D eigenvalue weighted by atomic mass is 32.2. The number of nitrogens with zero attached hydrogens (tertiary/aromatic N) is 4. The lowest BCUT2D eigenvalue weighted by Crippen LogP contribution is -2.15. The lowest BCUT2D eigenvalue weighted by Gasteiger charge is -2.09. The van der Waals surface area contributed by atoms with Crippen molar-refractivity contribution in [2.45, 2.75) is 11.2 Å². The first-order chi connectivity index (χ1) is 15.3. The minimum Gasteiger partial charge on any atom is -0.497 e. The molecular weight excluding hydrogens is 443 g/mol. The Morgan fingerprint density at radius 2 is 1.88 bits per heavy atom. The van der Waals surface area contributed by atoms with Gasteiger partial charge in [-0.2, -0.15) is 22.8 Å². The second kappa shape index (κ2) is 8.87. The van der Waals surface area contributed by atoms with Gasteiger partial charge in [0.2, 0.25) is 5.91 Å². The number of aromatic nitrogens is 4. The van der Waals surface area contributed by atoms with Gasteiger partial charge in [-0.1, -0.05) is 17.8 Å². The summed E-state index contributed by atoms with van der Waals surface area (Å²) in [4.78, 5) is 12.2. The minimum absolute atomic E-state index is 0.0330. The highest BCUT2D eigenvalue weighted by Crippen LogP contribution is 2.30. The van der Waals surface area contributed by atoms with E-state index in [9.17, 15) is 18.0 Å². The fourth-order valence-electron chi connectivity index (χ4n) is 2.88. The molecule has 0 spiro atoms. The number of carbonyl (C=O) groups excluding carboxylic acids is 1. The number of methoxy groups -OCH3 is 1. The molecule has 0 atom stereocenters. The topological polar surface area (TPSA) is 81.4 Å². The number of fused-ring (bicyclic) bond motifs is 1. The summed E-state index contributed by atoms with van der Waals surface area (Å²) in [7, 11) is 1.58. The van der Waals surface area contributed by atoms with Gasteiger partial charge >= 0.3 is 6.18 Å². The van der Waals surface area contributed by atoms with E-state index in [1.165, 1.54) is 12.1 Å². The van der Waals surface area contributed by atoms with Crippen LogP contribution >= 0.6 is 11.8 Å². The largest absolute Gasteiger partial charge is 0.497 e. The van der Waals surface area contributed by atoms with Crippen LogP contribution in [0.1, 0.15) is 5.56 Å².